The number of nitrogens with two attached hydrogens (primary N) is 2. The predicted molar refractivity (Wildman–Crippen MR) is 268 cm³/mol. The SMILES string of the molecule is C=C1[C@H](COCc2ccccc2)C([Si](C)(C)O)C[C@@H]1n1cnc2c(=O)[nH]c(N)nc21.C[Si](C)(O)C1C[C@H](n2cnc3c(OCc4ccccc4)nc(N)nc32)[C@](O)(CO)[C@@H]1COCc1ccccc1. The van der Waals surface area contributed by atoms with Gasteiger partial charge in [0, 0.05) is 11.8 Å². The summed E-state index contributed by atoms with van der Waals surface area (Å²) in [5.74, 6) is -0.194. The van der Waals surface area contributed by atoms with Gasteiger partial charge >= 0.3 is 0 Å². The van der Waals surface area contributed by atoms with Crippen molar-refractivity contribution in [3.05, 3.63) is 143 Å². The molecule has 364 valence electrons. The largest absolute Gasteiger partial charge is 0.471 e. The first kappa shape index (κ1) is 49.3. The van der Waals surface area contributed by atoms with Crippen LogP contribution in [0.1, 0.15) is 41.6 Å². The summed E-state index contributed by atoms with van der Waals surface area (Å²) < 4.78 is 21.6. The van der Waals surface area contributed by atoms with Crippen molar-refractivity contribution in [3.63, 3.8) is 0 Å². The molecular formula is C49H62N10O8Si2. The molecule has 2 saturated carbocycles. The molecule has 0 aliphatic heterocycles. The monoisotopic (exact) mass is 974 g/mol. The van der Waals surface area contributed by atoms with Crippen LogP contribution in [0.25, 0.3) is 22.3 Å². The molecule has 69 heavy (non-hydrogen) atoms. The number of nitrogens with zero attached hydrogens (tertiary/aromatic N) is 7. The van der Waals surface area contributed by atoms with Gasteiger partial charge in [0.15, 0.2) is 39.0 Å². The number of H-pyrrole nitrogens is 1. The third-order valence-corrected chi connectivity index (χ3v) is 18.6. The zero-order chi connectivity index (χ0) is 49.1. The second kappa shape index (κ2) is 20.5. The van der Waals surface area contributed by atoms with E-state index in [-0.39, 0.29) is 65.1 Å². The van der Waals surface area contributed by atoms with Gasteiger partial charge in [0.2, 0.25) is 17.8 Å². The Balaban J connectivity index is 0.000000192. The van der Waals surface area contributed by atoms with Gasteiger partial charge in [0.05, 0.1) is 57.8 Å². The normalized spacial score (nSPS) is 22.8. The molecule has 0 spiro atoms. The fourth-order valence-electron chi connectivity index (χ4n) is 10.1. The highest BCUT2D eigenvalue weighted by atomic mass is 28.4. The topological polar surface area (TPSA) is 268 Å². The molecule has 2 fully saturated rings. The lowest BCUT2D eigenvalue weighted by molar-refractivity contribution is -0.0939. The molecule has 0 bridgehead atoms. The molecule has 4 heterocycles. The Labute approximate surface area is 402 Å². The minimum absolute atomic E-state index is 0.00834. The number of aliphatic hydroxyl groups is 2. The van der Waals surface area contributed by atoms with Crippen molar-refractivity contribution in [2.45, 2.75) is 87.6 Å². The summed E-state index contributed by atoms with van der Waals surface area (Å²) in [6.07, 6.45) is 4.30. The van der Waals surface area contributed by atoms with Crippen molar-refractivity contribution in [2.75, 3.05) is 31.3 Å². The Morgan fingerprint density at radius 1 is 0.739 bits per heavy atom. The molecule has 0 saturated heterocycles. The Bertz CT molecular complexity index is 2910. The van der Waals surface area contributed by atoms with Crippen molar-refractivity contribution >= 4 is 50.9 Å². The first-order chi connectivity index (χ1) is 33.0. The van der Waals surface area contributed by atoms with Crippen LogP contribution in [0.2, 0.25) is 37.3 Å². The number of nitrogens with one attached hydrogen (secondary N) is 1. The summed E-state index contributed by atoms with van der Waals surface area (Å²) in [6, 6.07) is 28.7. The molecule has 2 aliphatic carbocycles. The smallest absolute Gasteiger partial charge is 0.280 e. The van der Waals surface area contributed by atoms with Crippen LogP contribution in [0.4, 0.5) is 11.9 Å². The minimum Gasteiger partial charge on any atom is -0.471 e. The van der Waals surface area contributed by atoms with E-state index < -0.39 is 40.8 Å². The molecule has 18 nitrogen and oxygen atoms in total. The molecule has 7 aromatic rings. The van der Waals surface area contributed by atoms with Crippen molar-refractivity contribution in [1.82, 2.24) is 39.0 Å². The summed E-state index contributed by atoms with van der Waals surface area (Å²) in [6.45, 7) is 13.2. The number of fused-ring (bicyclic) bond motifs is 2. The second-order valence-electron chi connectivity index (χ2n) is 19.2. The Kier molecular flexibility index (Phi) is 14.6. The molecule has 3 aromatic carbocycles. The Hall–Kier alpha value is -6.11. The lowest BCUT2D eigenvalue weighted by Crippen LogP contribution is -2.49. The van der Waals surface area contributed by atoms with Crippen LogP contribution >= 0.6 is 0 Å². The van der Waals surface area contributed by atoms with Gasteiger partial charge in [-0.2, -0.15) is 15.0 Å². The number of rotatable bonds is 16. The van der Waals surface area contributed by atoms with Crippen LogP contribution in [-0.4, -0.2) is 101 Å². The molecule has 4 aromatic heterocycles. The lowest BCUT2D eigenvalue weighted by atomic mass is 9.89. The van der Waals surface area contributed by atoms with Crippen LogP contribution < -0.4 is 21.8 Å². The van der Waals surface area contributed by atoms with E-state index in [0.717, 1.165) is 22.3 Å². The van der Waals surface area contributed by atoms with E-state index >= 15 is 0 Å². The van der Waals surface area contributed by atoms with Gasteiger partial charge in [0.1, 0.15) is 12.2 Å². The number of benzene rings is 3. The zero-order valence-corrected chi connectivity index (χ0v) is 41.4. The molecule has 9 rings (SSSR count). The van der Waals surface area contributed by atoms with E-state index in [2.05, 4.69) is 36.5 Å². The van der Waals surface area contributed by atoms with Crippen LogP contribution in [0.3, 0.4) is 0 Å². The molecule has 2 aliphatic rings. The summed E-state index contributed by atoms with van der Waals surface area (Å²) in [4.78, 5) is 58.5. The van der Waals surface area contributed by atoms with Crippen LogP contribution in [0.15, 0.2) is 121 Å². The third-order valence-electron chi connectivity index (χ3n) is 13.7. The number of hydrogen-bond acceptors (Lipinski definition) is 15. The van der Waals surface area contributed by atoms with Crippen LogP contribution in [0.5, 0.6) is 5.88 Å². The number of aromatic amines is 1. The van der Waals surface area contributed by atoms with Crippen molar-refractivity contribution in [1.29, 1.82) is 0 Å². The number of aliphatic hydroxyl groups excluding tert-OH is 1. The standard InChI is InChI=1S/C28H35N5O5Si.C21H27N5O3Si/c1-39(2,36)22-13-23(28(35,17-34)21(22)16-37-14-19-9-5-3-6-10-19)33-18-30-24-25(33)31-27(29)32-26(24)38-15-20-11-7-4-8-12-20;1-13-15(11-29-10-14-7-5-4-6-8-14)17(30(2,3)28)9-16(13)26-12-23-18-19(26)24-21(22)25-20(18)27/h3-12,18,21-23,34-36H,13-17H2,1-2H3,(H2,29,31,32);4-8,12,15-17,28H,1,9-11H2,2-3H3,(H3,22,24,25,27)/t21-,22?,23+,28+;15-,16-,17?/m10/s1. The average Bonchev–Trinajstić information content (AvgIpc) is 4.09. The number of hydrogen-bond donors (Lipinski definition) is 7. The van der Waals surface area contributed by atoms with Gasteiger partial charge in [-0.25, -0.2) is 9.97 Å². The molecule has 0 amide bonds. The quantitative estimate of drug-likeness (QED) is 0.0455. The summed E-state index contributed by atoms with van der Waals surface area (Å²) >= 11 is 0. The molecule has 20 heteroatoms. The van der Waals surface area contributed by atoms with Crippen LogP contribution in [0, 0.1) is 11.8 Å². The summed E-state index contributed by atoms with van der Waals surface area (Å²) in [5, 5.41) is 22.6. The Morgan fingerprint density at radius 3 is 1.86 bits per heavy atom. The van der Waals surface area contributed by atoms with Gasteiger partial charge in [-0.1, -0.05) is 97.6 Å². The molecule has 0 radical (unpaired) electrons. The number of imidazole rings is 2. The van der Waals surface area contributed by atoms with Gasteiger partial charge < -0.3 is 54.6 Å². The van der Waals surface area contributed by atoms with Crippen molar-refractivity contribution in [3.8, 4) is 5.88 Å². The fourth-order valence-corrected chi connectivity index (χ4v) is 14.3. The highest BCUT2D eigenvalue weighted by Gasteiger charge is 2.59. The van der Waals surface area contributed by atoms with E-state index in [1.54, 1.807) is 17.2 Å². The Morgan fingerprint density at radius 2 is 1.28 bits per heavy atom. The van der Waals surface area contributed by atoms with Gasteiger partial charge in [0.25, 0.3) is 5.56 Å². The summed E-state index contributed by atoms with van der Waals surface area (Å²) in [7, 11) is -5.27. The van der Waals surface area contributed by atoms with E-state index in [1.807, 2.05) is 122 Å². The number of aromatic nitrogens is 8. The molecule has 2 unspecified atom stereocenters. The highest BCUT2D eigenvalue weighted by molar-refractivity contribution is 6.72. The second-order valence-corrected chi connectivity index (χ2v) is 27.3. The maximum Gasteiger partial charge on any atom is 0.280 e. The molecule has 7 atom stereocenters. The zero-order valence-electron chi connectivity index (χ0n) is 39.4. The lowest BCUT2D eigenvalue weighted by Gasteiger charge is -2.36. The van der Waals surface area contributed by atoms with Crippen molar-refractivity contribution < 1.29 is 34.0 Å². The first-order valence-electron chi connectivity index (χ1n) is 23.0. The van der Waals surface area contributed by atoms with Gasteiger partial charge in [-0.15, -0.1) is 0 Å². The van der Waals surface area contributed by atoms with Gasteiger partial charge in [-0.05, 0) is 72.4 Å². The molecular weight excluding hydrogens is 913 g/mol. The maximum absolute atomic E-state index is 12.1. The van der Waals surface area contributed by atoms with Gasteiger partial charge in [-0.3, -0.25) is 9.78 Å². The summed E-state index contributed by atoms with van der Waals surface area (Å²) in [5.41, 5.74) is 15.2. The minimum atomic E-state index is -2.78. The number of anilines is 2. The number of ether oxygens (including phenoxy) is 3. The fraction of sp³-hybridized carbons (Fsp3) is 0.388. The average molecular weight is 975 g/mol. The van der Waals surface area contributed by atoms with E-state index in [1.165, 1.54) is 0 Å². The first-order valence-corrected chi connectivity index (χ1v) is 29.1. The number of nitrogen functional groups attached to an aromatic ring is 2. The van der Waals surface area contributed by atoms with E-state index in [0.29, 0.717) is 49.5 Å². The van der Waals surface area contributed by atoms with Crippen molar-refractivity contribution in [2.24, 2.45) is 11.8 Å². The van der Waals surface area contributed by atoms with Crippen LogP contribution in [-0.2, 0) is 29.3 Å². The van der Waals surface area contributed by atoms with E-state index in [9.17, 15) is 24.6 Å². The highest BCUT2D eigenvalue weighted by Crippen LogP contribution is 2.55. The molecule has 9 N–H and O–H groups in total. The third kappa shape index (κ3) is 10.7. The van der Waals surface area contributed by atoms with E-state index in [4.69, 9.17) is 25.7 Å². The maximum atomic E-state index is 12.1. The predicted octanol–water partition coefficient (Wildman–Crippen LogP) is 5.66.